The molecule has 0 saturated carbocycles. The molecule has 0 aromatic heterocycles. The highest BCUT2D eigenvalue weighted by molar-refractivity contribution is 7.94. The number of hydrogen-bond donors (Lipinski definition) is 3. The van der Waals surface area contributed by atoms with E-state index in [4.69, 9.17) is 5.73 Å². The maximum Gasteiger partial charge on any atom is 0.193 e. The number of hydrogen-bond acceptors (Lipinski definition) is 3. The zero-order valence-electron chi connectivity index (χ0n) is 14.9. The molecule has 0 amide bonds. The average Bonchev–Trinajstić information content (AvgIpc) is 2.70. The van der Waals surface area contributed by atoms with E-state index in [2.05, 4.69) is 10.3 Å². The van der Waals surface area contributed by atoms with Crippen molar-refractivity contribution in [3.8, 4) is 0 Å². The van der Waals surface area contributed by atoms with Gasteiger partial charge in [0.05, 0.1) is 17.1 Å². The van der Waals surface area contributed by atoms with E-state index in [-0.39, 0.29) is 24.1 Å². The van der Waals surface area contributed by atoms with Gasteiger partial charge in [0.15, 0.2) is 5.96 Å². The first-order valence-corrected chi connectivity index (χ1v) is 9.32. The highest BCUT2D eigenvalue weighted by Crippen LogP contribution is 2.30. The van der Waals surface area contributed by atoms with Gasteiger partial charge in [0.1, 0.15) is 11.6 Å². The van der Waals surface area contributed by atoms with E-state index in [9.17, 15) is 13.3 Å². The van der Waals surface area contributed by atoms with E-state index in [0.29, 0.717) is 34.6 Å². The lowest BCUT2D eigenvalue weighted by atomic mass is 10.0. The first-order chi connectivity index (χ1) is 13.6. The summed E-state index contributed by atoms with van der Waals surface area (Å²) in [5, 5.41) is 3.00. The maximum atomic E-state index is 13.7. The molecule has 3 aromatic carbocycles. The highest BCUT2D eigenvalue weighted by Gasteiger charge is 2.11. The summed E-state index contributed by atoms with van der Waals surface area (Å²) in [6, 6.07) is 18.0. The van der Waals surface area contributed by atoms with Crippen LogP contribution in [0.5, 0.6) is 0 Å². The minimum absolute atomic E-state index is 0.0905. The molecule has 0 heterocycles. The van der Waals surface area contributed by atoms with Crippen molar-refractivity contribution in [3.63, 3.8) is 0 Å². The van der Waals surface area contributed by atoms with Crippen molar-refractivity contribution in [2.45, 2.75) is 17.9 Å². The number of nitrogens with two attached hydrogens (primary N) is 1. The molecule has 0 unspecified atom stereocenters. The monoisotopic (exact) mass is 399 g/mol. The number of benzene rings is 3. The third-order valence-corrected chi connectivity index (χ3v) is 4.69. The Bertz CT molecular complexity index is 978. The molecule has 0 aliphatic heterocycles. The Morgan fingerprint density at radius 2 is 1.68 bits per heavy atom. The van der Waals surface area contributed by atoms with Crippen molar-refractivity contribution in [1.29, 1.82) is 0 Å². The molecule has 3 rings (SSSR count). The van der Waals surface area contributed by atoms with Crippen LogP contribution in [0.2, 0.25) is 0 Å². The van der Waals surface area contributed by atoms with Gasteiger partial charge in [0.25, 0.3) is 0 Å². The molecule has 0 radical (unpaired) electrons. The predicted molar refractivity (Wildman–Crippen MR) is 109 cm³/mol. The van der Waals surface area contributed by atoms with Gasteiger partial charge in [-0.3, -0.25) is 0 Å². The smallest absolute Gasteiger partial charge is 0.193 e. The van der Waals surface area contributed by atoms with Crippen LogP contribution in [0.4, 0.5) is 14.5 Å². The second-order valence-corrected chi connectivity index (χ2v) is 6.73. The molecule has 3 aromatic rings. The van der Waals surface area contributed by atoms with Crippen molar-refractivity contribution in [3.05, 3.63) is 95.1 Å². The second-order valence-electron chi connectivity index (χ2n) is 6.10. The molecule has 144 valence electrons. The van der Waals surface area contributed by atoms with E-state index in [1.807, 2.05) is 12.1 Å². The zero-order valence-corrected chi connectivity index (χ0v) is 15.7. The Labute approximate surface area is 166 Å². The lowest BCUT2D eigenvalue weighted by Gasteiger charge is -2.15. The Morgan fingerprint density at radius 1 is 0.964 bits per heavy atom. The Kier molecular flexibility index (Phi) is 6.62. The largest absolute Gasteiger partial charge is 0.370 e. The summed E-state index contributed by atoms with van der Waals surface area (Å²) in [6.45, 7) is 0.0905. The van der Waals surface area contributed by atoms with Gasteiger partial charge >= 0.3 is 0 Å². The van der Waals surface area contributed by atoms with E-state index >= 15 is 0 Å². The first-order valence-electron chi connectivity index (χ1n) is 8.55. The van der Waals surface area contributed by atoms with Gasteiger partial charge in [-0.05, 0) is 41.8 Å². The van der Waals surface area contributed by atoms with Gasteiger partial charge < -0.3 is 15.6 Å². The van der Waals surface area contributed by atoms with Crippen molar-refractivity contribution in [2.24, 2.45) is 10.7 Å². The molecule has 4 nitrogen and oxygen atoms in total. The zero-order chi connectivity index (χ0) is 19.9. The summed E-state index contributed by atoms with van der Waals surface area (Å²) < 4.78 is 36.5. The number of aliphatic imine (C=N–C) groups is 1. The van der Waals surface area contributed by atoms with E-state index < -0.39 is 0 Å². The fourth-order valence-electron chi connectivity index (χ4n) is 2.73. The first kappa shape index (κ1) is 19.9. The summed E-state index contributed by atoms with van der Waals surface area (Å²) in [7, 11) is 0. The summed E-state index contributed by atoms with van der Waals surface area (Å²) in [6.07, 6.45) is 0.512. The molecule has 4 N–H and O–H groups in total. The van der Waals surface area contributed by atoms with Gasteiger partial charge in [-0.25, -0.2) is 13.8 Å². The fourth-order valence-corrected chi connectivity index (χ4v) is 3.14. The van der Waals surface area contributed by atoms with Crippen molar-refractivity contribution >= 4 is 23.7 Å². The minimum atomic E-state index is -0.345. The summed E-state index contributed by atoms with van der Waals surface area (Å²) in [5.74, 6) is -0.543. The highest BCUT2D eigenvalue weighted by atomic mass is 32.2. The van der Waals surface area contributed by atoms with Crippen LogP contribution < -0.4 is 11.1 Å². The Morgan fingerprint density at radius 3 is 2.39 bits per heavy atom. The Balaban J connectivity index is 1.82. The lowest BCUT2D eigenvalue weighted by Crippen LogP contribution is -2.24. The number of halogens is 2. The van der Waals surface area contributed by atoms with Gasteiger partial charge in [-0.1, -0.05) is 42.5 Å². The van der Waals surface area contributed by atoms with E-state index in [1.54, 1.807) is 36.4 Å². The van der Waals surface area contributed by atoms with Crippen molar-refractivity contribution < 1.29 is 13.3 Å². The van der Waals surface area contributed by atoms with Gasteiger partial charge in [-0.15, -0.1) is 0 Å². The van der Waals surface area contributed by atoms with Crippen LogP contribution in [0.15, 0.2) is 76.6 Å². The molecule has 28 heavy (non-hydrogen) atoms. The topological polar surface area (TPSA) is 70.6 Å². The van der Waals surface area contributed by atoms with Crippen molar-refractivity contribution in [1.82, 2.24) is 0 Å². The van der Waals surface area contributed by atoms with Gasteiger partial charge in [0, 0.05) is 17.6 Å². The molecular formula is C21H19F2N3OS. The normalized spacial score (nSPS) is 11.5. The standard InChI is InChI=1S/C21H19F2N3OS/c22-17-10-8-14(9-11-17)12-15-5-3-7-19(28-27)20(15)26-21(24)25-13-16-4-1-2-6-18(16)23/h1-11,27H,12-13H2,(H3,24,25,26). The van der Waals surface area contributed by atoms with Crippen LogP contribution in [-0.4, -0.2) is 10.5 Å². The number of para-hydroxylation sites is 1. The number of nitrogens with zero attached hydrogens (tertiary/aromatic N) is 1. The molecule has 0 aliphatic carbocycles. The molecule has 0 bridgehead atoms. The molecule has 0 fully saturated rings. The predicted octanol–water partition coefficient (Wildman–Crippen LogP) is 5.05. The number of nitrogens with one attached hydrogen (secondary N) is 1. The Hall–Kier alpha value is -2.90. The van der Waals surface area contributed by atoms with E-state index in [1.165, 1.54) is 18.2 Å². The SMILES string of the molecule is NC(=NCc1ccccc1F)Nc1c(Cc2ccc(F)cc2)cccc1SO. The minimum Gasteiger partial charge on any atom is -0.370 e. The third kappa shape index (κ3) is 5.09. The van der Waals surface area contributed by atoms with Crippen LogP contribution in [-0.2, 0) is 13.0 Å². The quantitative estimate of drug-likeness (QED) is 0.308. The fraction of sp³-hybridized carbons (Fsp3) is 0.0952. The van der Waals surface area contributed by atoms with Crippen LogP contribution in [0, 0.1) is 11.6 Å². The van der Waals surface area contributed by atoms with Crippen LogP contribution >= 0.6 is 12.0 Å². The number of guanidine groups is 1. The van der Waals surface area contributed by atoms with Crippen LogP contribution in [0.3, 0.4) is 0 Å². The summed E-state index contributed by atoms with van der Waals surface area (Å²) in [4.78, 5) is 4.76. The summed E-state index contributed by atoms with van der Waals surface area (Å²) in [5.41, 5.74) is 8.79. The second kappa shape index (κ2) is 9.34. The molecule has 0 saturated heterocycles. The molecular weight excluding hydrogens is 380 g/mol. The molecule has 0 spiro atoms. The third-order valence-electron chi connectivity index (χ3n) is 4.15. The van der Waals surface area contributed by atoms with Crippen LogP contribution in [0.25, 0.3) is 0 Å². The van der Waals surface area contributed by atoms with Crippen LogP contribution in [0.1, 0.15) is 16.7 Å². The molecule has 0 aliphatic rings. The van der Waals surface area contributed by atoms with Gasteiger partial charge in [-0.2, -0.15) is 0 Å². The average molecular weight is 399 g/mol. The maximum absolute atomic E-state index is 13.7. The summed E-state index contributed by atoms with van der Waals surface area (Å²) >= 11 is 0.588. The number of anilines is 1. The van der Waals surface area contributed by atoms with Gasteiger partial charge in [0.2, 0.25) is 0 Å². The molecule has 7 heteroatoms. The lowest BCUT2D eigenvalue weighted by molar-refractivity contribution is 0.611. The number of rotatable bonds is 6. The van der Waals surface area contributed by atoms with Crippen molar-refractivity contribution in [2.75, 3.05) is 5.32 Å². The van der Waals surface area contributed by atoms with E-state index in [0.717, 1.165) is 11.1 Å². The molecule has 0 atom stereocenters.